The molecular formula is C30H31ClN4O5S. The van der Waals surface area contributed by atoms with Crippen LogP contribution in [0.4, 0.5) is 5.69 Å². The number of fused-ring (bicyclic) bond motifs is 1. The van der Waals surface area contributed by atoms with E-state index in [1.165, 1.54) is 47.6 Å². The Kier molecular flexibility index (Phi) is 10.2. The Labute approximate surface area is 245 Å². The molecule has 9 nitrogen and oxygen atoms in total. The molecule has 1 atom stereocenters. The monoisotopic (exact) mass is 594 g/mol. The number of carbonyl (C=O) groups excluding carboxylic acids is 3. The van der Waals surface area contributed by atoms with Gasteiger partial charge in [-0.25, -0.2) is 8.42 Å². The predicted octanol–water partition coefficient (Wildman–Crippen LogP) is 4.20. The van der Waals surface area contributed by atoms with Gasteiger partial charge in [0.15, 0.2) is 0 Å². The van der Waals surface area contributed by atoms with E-state index in [4.69, 9.17) is 5.73 Å². The van der Waals surface area contributed by atoms with Crippen LogP contribution in [0.5, 0.6) is 0 Å². The van der Waals surface area contributed by atoms with Crippen molar-refractivity contribution in [2.24, 2.45) is 11.7 Å². The highest BCUT2D eigenvalue weighted by atomic mass is 35.5. The summed E-state index contributed by atoms with van der Waals surface area (Å²) in [6, 6.07) is 21.2. The standard InChI is InChI=1S/C30H30N4O5S.ClH/c1-3-33(4-2)30(37)27(28(31)35)18-21-11-14-25(15-12-21)34(29(36)24-10-7-17-32-20-24)40(38,39)26-16-13-22-8-5-6-9-23(22)19-26;/h5-17,19-20,27H,3-4,18H2,1-2H3,(H2,31,35);1H. The van der Waals surface area contributed by atoms with Crippen LogP contribution in [0.2, 0.25) is 0 Å². The molecule has 0 fully saturated rings. The zero-order valence-corrected chi connectivity index (χ0v) is 24.3. The number of amides is 3. The van der Waals surface area contributed by atoms with Gasteiger partial charge in [0, 0.05) is 25.5 Å². The van der Waals surface area contributed by atoms with Gasteiger partial charge in [-0.15, -0.1) is 12.4 Å². The molecular weight excluding hydrogens is 564 g/mol. The van der Waals surface area contributed by atoms with E-state index in [1.807, 2.05) is 26.0 Å². The lowest BCUT2D eigenvalue weighted by Crippen LogP contribution is -2.42. The van der Waals surface area contributed by atoms with Gasteiger partial charge in [0.05, 0.1) is 16.1 Å². The molecule has 41 heavy (non-hydrogen) atoms. The molecule has 3 aromatic carbocycles. The van der Waals surface area contributed by atoms with Crippen molar-refractivity contribution in [1.29, 1.82) is 0 Å². The number of halogens is 1. The summed E-state index contributed by atoms with van der Waals surface area (Å²) in [4.78, 5) is 44.0. The number of benzene rings is 3. The van der Waals surface area contributed by atoms with Crippen molar-refractivity contribution in [2.75, 3.05) is 17.4 Å². The van der Waals surface area contributed by atoms with E-state index in [0.29, 0.717) is 24.0 Å². The van der Waals surface area contributed by atoms with Crippen molar-refractivity contribution in [2.45, 2.75) is 25.2 Å². The maximum absolute atomic E-state index is 13.9. The van der Waals surface area contributed by atoms with Crippen molar-refractivity contribution >= 4 is 56.6 Å². The molecule has 0 bridgehead atoms. The number of hydrogen-bond donors (Lipinski definition) is 1. The van der Waals surface area contributed by atoms with Crippen LogP contribution in [-0.2, 0) is 26.0 Å². The lowest BCUT2D eigenvalue weighted by Gasteiger charge is -2.24. The Balaban J connectivity index is 0.00000462. The fourth-order valence-electron chi connectivity index (χ4n) is 4.47. The van der Waals surface area contributed by atoms with Gasteiger partial charge >= 0.3 is 0 Å². The molecule has 0 aliphatic rings. The summed E-state index contributed by atoms with van der Waals surface area (Å²) in [6.07, 6.45) is 2.83. The number of nitrogens with two attached hydrogens (primary N) is 1. The van der Waals surface area contributed by atoms with Crippen molar-refractivity contribution < 1.29 is 22.8 Å². The summed E-state index contributed by atoms with van der Waals surface area (Å²) in [5, 5.41) is 1.57. The smallest absolute Gasteiger partial charge is 0.273 e. The fourth-order valence-corrected chi connectivity index (χ4v) is 5.92. The van der Waals surface area contributed by atoms with Crippen molar-refractivity contribution in [3.63, 3.8) is 0 Å². The molecule has 0 radical (unpaired) electrons. The average molecular weight is 595 g/mol. The van der Waals surface area contributed by atoms with Gasteiger partial charge in [0.25, 0.3) is 15.9 Å². The highest BCUT2D eigenvalue weighted by Crippen LogP contribution is 2.29. The van der Waals surface area contributed by atoms with Crippen LogP contribution < -0.4 is 10.0 Å². The quantitative estimate of drug-likeness (QED) is 0.274. The van der Waals surface area contributed by atoms with Gasteiger partial charge in [-0.05, 0) is 73.0 Å². The zero-order valence-electron chi connectivity index (χ0n) is 22.6. The first-order valence-corrected chi connectivity index (χ1v) is 14.3. The summed E-state index contributed by atoms with van der Waals surface area (Å²) in [5.41, 5.74) is 6.33. The van der Waals surface area contributed by atoms with E-state index in [9.17, 15) is 22.8 Å². The topological polar surface area (TPSA) is 131 Å². The van der Waals surface area contributed by atoms with Gasteiger partial charge in [-0.2, -0.15) is 4.31 Å². The van der Waals surface area contributed by atoms with Crippen LogP contribution >= 0.6 is 12.4 Å². The first kappa shape index (κ1) is 31.3. The number of anilines is 1. The van der Waals surface area contributed by atoms with E-state index in [1.54, 1.807) is 36.4 Å². The highest BCUT2D eigenvalue weighted by Gasteiger charge is 2.33. The second kappa shape index (κ2) is 13.4. The number of sulfonamides is 1. The Hall–Kier alpha value is -4.28. The van der Waals surface area contributed by atoms with Crippen LogP contribution in [0.25, 0.3) is 10.8 Å². The number of pyridine rings is 1. The SMILES string of the molecule is CCN(CC)C(=O)C(Cc1ccc(N(C(=O)c2cccnc2)S(=O)(=O)c2ccc3ccccc3c2)cc1)C(N)=O.Cl. The molecule has 4 rings (SSSR count). The second-order valence-electron chi connectivity index (χ2n) is 9.16. The van der Waals surface area contributed by atoms with Crippen LogP contribution in [0.1, 0.15) is 29.8 Å². The first-order valence-electron chi connectivity index (χ1n) is 12.8. The van der Waals surface area contributed by atoms with Crippen LogP contribution in [-0.4, -0.2) is 49.1 Å². The number of rotatable bonds is 10. The summed E-state index contributed by atoms with van der Waals surface area (Å²) in [5.74, 6) is -2.96. The predicted molar refractivity (Wildman–Crippen MR) is 160 cm³/mol. The molecule has 2 N–H and O–H groups in total. The summed E-state index contributed by atoms with van der Waals surface area (Å²) in [7, 11) is -4.35. The molecule has 1 aromatic heterocycles. The van der Waals surface area contributed by atoms with E-state index in [2.05, 4.69) is 4.98 Å². The minimum absolute atomic E-state index is 0. The van der Waals surface area contributed by atoms with Gasteiger partial charge < -0.3 is 10.6 Å². The van der Waals surface area contributed by atoms with Crippen LogP contribution in [0, 0.1) is 5.92 Å². The third-order valence-electron chi connectivity index (χ3n) is 6.68. The molecule has 0 spiro atoms. The second-order valence-corrected chi connectivity index (χ2v) is 10.9. The average Bonchev–Trinajstić information content (AvgIpc) is 2.97. The molecule has 11 heteroatoms. The lowest BCUT2D eigenvalue weighted by molar-refractivity contribution is -0.140. The van der Waals surface area contributed by atoms with Crippen molar-refractivity contribution in [1.82, 2.24) is 9.88 Å². The lowest BCUT2D eigenvalue weighted by atomic mass is 9.97. The number of primary amides is 1. The number of nitrogens with zero attached hydrogens (tertiary/aromatic N) is 3. The Morgan fingerprint density at radius 1 is 0.878 bits per heavy atom. The molecule has 1 unspecified atom stereocenters. The van der Waals surface area contributed by atoms with Gasteiger partial charge in [0.1, 0.15) is 5.92 Å². The molecule has 214 valence electrons. The van der Waals surface area contributed by atoms with Crippen LogP contribution in [0.15, 0.2) is 96.2 Å². The molecule has 3 amide bonds. The maximum atomic E-state index is 13.9. The number of hydrogen-bond acceptors (Lipinski definition) is 6. The van der Waals surface area contributed by atoms with Crippen molar-refractivity contribution in [3.05, 3.63) is 102 Å². The molecule has 0 saturated carbocycles. The van der Waals surface area contributed by atoms with Gasteiger partial charge in [-0.3, -0.25) is 19.4 Å². The number of carbonyl (C=O) groups is 3. The van der Waals surface area contributed by atoms with E-state index >= 15 is 0 Å². The normalized spacial score (nSPS) is 11.8. The Bertz CT molecular complexity index is 1640. The van der Waals surface area contributed by atoms with E-state index in [0.717, 1.165) is 9.69 Å². The minimum Gasteiger partial charge on any atom is -0.369 e. The van der Waals surface area contributed by atoms with E-state index < -0.39 is 27.8 Å². The van der Waals surface area contributed by atoms with Crippen molar-refractivity contribution in [3.8, 4) is 0 Å². The molecule has 4 aromatic rings. The molecule has 0 saturated heterocycles. The number of aromatic nitrogens is 1. The molecule has 1 heterocycles. The largest absolute Gasteiger partial charge is 0.369 e. The van der Waals surface area contributed by atoms with Gasteiger partial charge in [-0.1, -0.05) is 42.5 Å². The summed E-state index contributed by atoms with van der Waals surface area (Å²) in [6.45, 7) is 4.52. The fraction of sp³-hybridized carbons (Fsp3) is 0.200. The maximum Gasteiger partial charge on any atom is 0.273 e. The van der Waals surface area contributed by atoms with E-state index in [-0.39, 0.29) is 40.9 Å². The highest BCUT2D eigenvalue weighted by molar-refractivity contribution is 7.93. The third kappa shape index (κ3) is 6.72. The minimum atomic E-state index is -4.35. The molecule has 0 aliphatic carbocycles. The van der Waals surface area contributed by atoms with Gasteiger partial charge in [0.2, 0.25) is 11.8 Å². The Morgan fingerprint density at radius 2 is 1.54 bits per heavy atom. The third-order valence-corrected chi connectivity index (χ3v) is 8.39. The first-order chi connectivity index (χ1) is 19.2. The summed E-state index contributed by atoms with van der Waals surface area (Å²) < 4.78 is 28.6. The molecule has 0 aliphatic heterocycles. The zero-order chi connectivity index (χ0) is 28.9. The van der Waals surface area contributed by atoms with Crippen LogP contribution in [0.3, 0.4) is 0 Å². The Morgan fingerprint density at radius 3 is 2.12 bits per heavy atom. The summed E-state index contributed by atoms with van der Waals surface area (Å²) >= 11 is 0.